The summed E-state index contributed by atoms with van der Waals surface area (Å²) in [5.41, 5.74) is 2.38. The maximum absolute atomic E-state index is 12.4. The topological polar surface area (TPSA) is 129 Å². The van der Waals surface area contributed by atoms with Crippen LogP contribution in [0.2, 0.25) is 0 Å². The summed E-state index contributed by atoms with van der Waals surface area (Å²) in [5, 5.41) is 15.6. The van der Waals surface area contributed by atoms with Gasteiger partial charge in [-0.25, -0.2) is 19.7 Å². The highest BCUT2D eigenvalue weighted by Gasteiger charge is 2.41. The first-order valence-electron chi connectivity index (χ1n) is 11.6. The zero-order valence-electron chi connectivity index (χ0n) is 19.4. The molecular formula is C25H26N8O2. The van der Waals surface area contributed by atoms with Crippen LogP contribution < -0.4 is 10.6 Å². The second kappa shape index (κ2) is 10.0. The van der Waals surface area contributed by atoms with Crippen LogP contribution in [0.1, 0.15) is 47.4 Å². The zero-order valence-corrected chi connectivity index (χ0v) is 19.4. The van der Waals surface area contributed by atoms with Gasteiger partial charge in [0.05, 0.1) is 30.9 Å². The minimum Gasteiger partial charge on any atom is -0.465 e. The minimum absolute atomic E-state index is 0.223. The molecule has 3 aromatic rings. The number of carbonyl (C=O) groups is 1. The number of hydrogen-bond acceptors (Lipinski definition) is 10. The number of pyridine rings is 2. The second-order valence-electron chi connectivity index (χ2n) is 8.82. The Morgan fingerprint density at radius 1 is 1.11 bits per heavy atom. The van der Waals surface area contributed by atoms with E-state index in [1.165, 1.54) is 38.5 Å². The number of carbonyl (C=O) groups excluding carboxylic acids is 1. The summed E-state index contributed by atoms with van der Waals surface area (Å²) in [6, 6.07) is 11.0. The highest BCUT2D eigenvalue weighted by atomic mass is 16.5. The monoisotopic (exact) mass is 470 g/mol. The Kier molecular flexibility index (Phi) is 6.50. The van der Waals surface area contributed by atoms with Crippen LogP contribution in [0.4, 0.5) is 17.3 Å². The van der Waals surface area contributed by atoms with Crippen LogP contribution in [-0.2, 0) is 11.3 Å². The lowest BCUT2D eigenvalue weighted by atomic mass is 9.96. The average molecular weight is 471 g/mol. The van der Waals surface area contributed by atoms with Crippen molar-refractivity contribution in [2.45, 2.75) is 50.4 Å². The third-order valence-electron chi connectivity index (χ3n) is 6.65. The summed E-state index contributed by atoms with van der Waals surface area (Å²) in [5.74, 6) is 0.518. The molecule has 2 bridgehead atoms. The molecular weight excluding hydrogens is 444 g/mol. The van der Waals surface area contributed by atoms with E-state index in [0.717, 1.165) is 25.1 Å². The molecule has 0 aromatic carbocycles. The SMILES string of the molecule is COC(=O)c1cnc(Nc2cnc(C#N)cn2)cc1NC1CC2CCC(C1)N2Cc1ccccn1. The molecule has 2 aliphatic rings. The predicted molar refractivity (Wildman–Crippen MR) is 129 cm³/mol. The van der Waals surface area contributed by atoms with E-state index >= 15 is 0 Å². The molecule has 0 spiro atoms. The molecule has 2 unspecified atom stereocenters. The number of nitrogens with one attached hydrogen (secondary N) is 2. The summed E-state index contributed by atoms with van der Waals surface area (Å²) in [6.07, 6.45) is 10.5. The van der Waals surface area contributed by atoms with Crippen LogP contribution in [0.15, 0.2) is 49.1 Å². The molecule has 3 aromatic heterocycles. The van der Waals surface area contributed by atoms with Gasteiger partial charge in [0, 0.05) is 43.1 Å². The number of ether oxygens (including phenoxy) is 1. The van der Waals surface area contributed by atoms with Crippen LogP contribution in [0, 0.1) is 11.3 Å². The lowest BCUT2D eigenvalue weighted by Crippen LogP contribution is -2.46. The van der Waals surface area contributed by atoms with E-state index < -0.39 is 5.97 Å². The van der Waals surface area contributed by atoms with Gasteiger partial charge in [0.2, 0.25) is 0 Å². The van der Waals surface area contributed by atoms with Gasteiger partial charge in [0.15, 0.2) is 5.69 Å². The number of hydrogen-bond donors (Lipinski definition) is 2. The van der Waals surface area contributed by atoms with Crippen molar-refractivity contribution in [2.24, 2.45) is 0 Å². The first-order valence-corrected chi connectivity index (χ1v) is 11.6. The number of rotatable bonds is 7. The third kappa shape index (κ3) is 5.05. The zero-order chi connectivity index (χ0) is 24.2. The van der Waals surface area contributed by atoms with E-state index in [-0.39, 0.29) is 11.7 Å². The molecule has 10 nitrogen and oxygen atoms in total. The van der Waals surface area contributed by atoms with E-state index in [4.69, 9.17) is 10.00 Å². The fourth-order valence-corrected chi connectivity index (χ4v) is 5.05. The molecule has 5 rings (SSSR count). The summed E-state index contributed by atoms with van der Waals surface area (Å²) < 4.78 is 4.98. The number of anilines is 3. The number of aromatic nitrogens is 4. The van der Waals surface area contributed by atoms with Gasteiger partial charge in [0.25, 0.3) is 0 Å². The Morgan fingerprint density at radius 2 is 1.91 bits per heavy atom. The van der Waals surface area contributed by atoms with E-state index in [9.17, 15) is 4.79 Å². The fraction of sp³-hybridized carbons (Fsp3) is 0.360. The molecule has 2 N–H and O–H groups in total. The Morgan fingerprint density at radius 3 is 2.57 bits per heavy atom. The number of methoxy groups -OCH3 is 1. The maximum Gasteiger partial charge on any atom is 0.341 e. The van der Waals surface area contributed by atoms with Crippen molar-refractivity contribution < 1.29 is 9.53 Å². The maximum atomic E-state index is 12.4. The summed E-state index contributed by atoms with van der Waals surface area (Å²) in [7, 11) is 1.36. The van der Waals surface area contributed by atoms with Crippen LogP contribution >= 0.6 is 0 Å². The van der Waals surface area contributed by atoms with Crippen molar-refractivity contribution in [1.82, 2.24) is 24.8 Å². The van der Waals surface area contributed by atoms with Crippen molar-refractivity contribution >= 4 is 23.3 Å². The van der Waals surface area contributed by atoms with Crippen molar-refractivity contribution in [3.8, 4) is 6.07 Å². The highest BCUT2D eigenvalue weighted by Crippen LogP contribution is 2.38. The largest absolute Gasteiger partial charge is 0.465 e. The molecule has 178 valence electrons. The molecule has 2 atom stereocenters. The van der Waals surface area contributed by atoms with Gasteiger partial charge >= 0.3 is 5.97 Å². The first-order chi connectivity index (χ1) is 17.1. The van der Waals surface area contributed by atoms with Crippen LogP contribution in [0.3, 0.4) is 0 Å². The van der Waals surface area contributed by atoms with Crippen molar-refractivity contribution in [2.75, 3.05) is 17.7 Å². The van der Waals surface area contributed by atoms with E-state index in [1.54, 1.807) is 6.07 Å². The molecule has 2 saturated heterocycles. The Labute approximate surface area is 203 Å². The number of piperidine rings is 1. The quantitative estimate of drug-likeness (QED) is 0.496. The first kappa shape index (κ1) is 22.7. The lowest BCUT2D eigenvalue weighted by molar-refractivity contribution is 0.0601. The second-order valence-corrected chi connectivity index (χ2v) is 8.82. The van der Waals surface area contributed by atoms with Crippen molar-refractivity contribution in [3.63, 3.8) is 0 Å². The minimum atomic E-state index is -0.444. The standard InChI is InChI=1S/C25H26N8O2/c1-35-25(34)21-13-30-23(32-24-14-28-18(11-26)12-29-24)10-22(21)31-17-8-19-5-6-20(9-17)33(19)15-16-4-2-3-7-27-16/h2-4,7,10,12-14,17,19-20H,5-6,8-9,15H2,1H3,(H2,29,30,31,32). The Hall–Kier alpha value is -4.10. The molecule has 35 heavy (non-hydrogen) atoms. The normalized spacial score (nSPS) is 21.2. The van der Waals surface area contributed by atoms with Gasteiger partial charge in [-0.2, -0.15) is 5.26 Å². The van der Waals surface area contributed by atoms with Crippen LogP contribution in [-0.4, -0.2) is 56.0 Å². The fourth-order valence-electron chi connectivity index (χ4n) is 5.05. The van der Waals surface area contributed by atoms with E-state index in [2.05, 4.69) is 41.5 Å². The molecule has 0 amide bonds. The van der Waals surface area contributed by atoms with E-state index in [1.807, 2.05) is 24.4 Å². The van der Waals surface area contributed by atoms with Crippen molar-refractivity contribution in [3.05, 3.63) is 66.0 Å². The number of esters is 1. The summed E-state index contributed by atoms with van der Waals surface area (Å²) in [6.45, 7) is 0.866. The smallest absolute Gasteiger partial charge is 0.341 e. The van der Waals surface area contributed by atoms with Gasteiger partial charge in [-0.3, -0.25) is 9.88 Å². The average Bonchev–Trinajstić information content (AvgIpc) is 3.11. The van der Waals surface area contributed by atoms with Gasteiger partial charge in [0.1, 0.15) is 23.3 Å². The highest BCUT2D eigenvalue weighted by molar-refractivity contribution is 5.96. The van der Waals surface area contributed by atoms with E-state index in [0.29, 0.717) is 35.0 Å². The van der Waals surface area contributed by atoms with Crippen LogP contribution in [0.5, 0.6) is 0 Å². The summed E-state index contributed by atoms with van der Waals surface area (Å²) in [4.78, 5) is 32.0. The molecule has 2 aliphatic heterocycles. The number of fused-ring (bicyclic) bond motifs is 2. The molecule has 2 fully saturated rings. The summed E-state index contributed by atoms with van der Waals surface area (Å²) >= 11 is 0. The Bertz CT molecular complexity index is 1210. The van der Waals surface area contributed by atoms with Crippen molar-refractivity contribution in [1.29, 1.82) is 5.26 Å². The van der Waals surface area contributed by atoms with Crippen LogP contribution in [0.25, 0.3) is 0 Å². The molecule has 0 radical (unpaired) electrons. The lowest BCUT2D eigenvalue weighted by Gasteiger charge is -2.39. The molecule has 0 aliphatic carbocycles. The number of nitrogens with zero attached hydrogens (tertiary/aromatic N) is 6. The van der Waals surface area contributed by atoms with Gasteiger partial charge in [-0.05, 0) is 37.8 Å². The Balaban J connectivity index is 1.31. The molecule has 10 heteroatoms. The third-order valence-corrected chi connectivity index (χ3v) is 6.65. The predicted octanol–water partition coefficient (Wildman–Crippen LogP) is 3.28. The molecule has 5 heterocycles. The van der Waals surface area contributed by atoms with Gasteiger partial charge in [-0.15, -0.1) is 0 Å². The molecule has 0 saturated carbocycles. The number of nitriles is 1. The van der Waals surface area contributed by atoms with Gasteiger partial charge < -0.3 is 15.4 Å². The van der Waals surface area contributed by atoms with Gasteiger partial charge in [-0.1, -0.05) is 6.07 Å².